The number of halogens is 2. The molecule has 9 heteroatoms. The number of aliphatic hydroxyl groups excluding tert-OH is 1. The Kier molecular flexibility index (Phi) is 6.63. The van der Waals surface area contributed by atoms with Gasteiger partial charge in [-0.05, 0) is 30.0 Å². The number of benzene rings is 1. The van der Waals surface area contributed by atoms with Gasteiger partial charge in [0.2, 0.25) is 5.91 Å². The summed E-state index contributed by atoms with van der Waals surface area (Å²) >= 11 is 13.5. The van der Waals surface area contributed by atoms with Crippen molar-refractivity contribution in [1.82, 2.24) is 9.88 Å². The van der Waals surface area contributed by atoms with E-state index in [4.69, 9.17) is 23.2 Å². The molecule has 1 aliphatic heterocycles. The summed E-state index contributed by atoms with van der Waals surface area (Å²) in [6, 6.07) is 2.69. The SMILES string of the molecule is O=C(Nc1ncc(CO)s1)[C@H](CC1CCCCC1)N1Cc2cc(Cl)c(Cl)cc2C1=O. The van der Waals surface area contributed by atoms with Crippen molar-refractivity contribution in [1.29, 1.82) is 0 Å². The van der Waals surface area contributed by atoms with Crippen LogP contribution in [0.1, 0.15) is 59.3 Å². The van der Waals surface area contributed by atoms with Gasteiger partial charge >= 0.3 is 0 Å². The highest BCUT2D eigenvalue weighted by atomic mass is 35.5. The first-order chi connectivity index (χ1) is 14.5. The van der Waals surface area contributed by atoms with Crippen LogP contribution in [0.15, 0.2) is 18.3 Å². The molecule has 160 valence electrons. The molecule has 0 bridgehead atoms. The number of hydrogen-bond acceptors (Lipinski definition) is 5. The number of fused-ring (bicyclic) bond motifs is 1. The van der Waals surface area contributed by atoms with E-state index in [0.29, 0.717) is 44.5 Å². The molecule has 2 amide bonds. The van der Waals surface area contributed by atoms with Crippen molar-refractivity contribution in [3.05, 3.63) is 44.4 Å². The molecule has 1 saturated carbocycles. The number of anilines is 1. The number of carbonyl (C=O) groups is 2. The summed E-state index contributed by atoms with van der Waals surface area (Å²) in [7, 11) is 0. The van der Waals surface area contributed by atoms with Gasteiger partial charge in [0, 0.05) is 18.3 Å². The van der Waals surface area contributed by atoms with Gasteiger partial charge in [-0.3, -0.25) is 9.59 Å². The molecule has 1 aliphatic carbocycles. The lowest BCUT2D eigenvalue weighted by atomic mass is 9.84. The normalized spacial score (nSPS) is 17.8. The predicted octanol–water partition coefficient (Wildman–Crippen LogP) is 4.88. The molecule has 0 saturated heterocycles. The van der Waals surface area contributed by atoms with Crippen molar-refractivity contribution in [2.24, 2.45) is 5.92 Å². The average molecular weight is 468 g/mol. The first-order valence-electron chi connectivity index (χ1n) is 10.1. The minimum absolute atomic E-state index is 0.125. The van der Waals surface area contributed by atoms with E-state index in [2.05, 4.69) is 10.3 Å². The van der Waals surface area contributed by atoms with Crippen LogP contribution in [0.2, 0.25) is 10.0 Å². The van der Waals surface area contributed by atoms with Gasteiger partial charge in [-0.2, -0.15) is 0 Å². The molecule has 2 N–H and O–H groups in total. The van der Waals surface area contributed by atoms with Crippen molar-refractivity contribution in [2.75, 3.05) is 5.32 Å². The lowest BCUT2D eigenvalue weighted by Gasteiger charge is -2.31. The second-order valence-electron chi connectivity index (χ2n) is 7.89. The van der Waals surface area contributed by atoms with Gasteiger partial charge in [-0.15, -0.1) is 0 Å². The Bertz CT molecular complexity index is 959. The van der Waals surface area contributed by atoms with E-state index < -0.39 is 6.04 Å². The van der Waals surface area contributed by atoms with Crippen LogP contribution in [0, 0.1) is 5.92 Å². The van der Waals surface area contributed by atoms with Gasteiger partial charge in [0.1, 0.15) is 6.04 Å². The molecule has 0 spiro atoms. The Morgan fingerprint density at radius 1 is 1.27 bits per heavy atom. The van der Waals surface area contributed by atoms with Crippen LogP contribution in [-0.2, 0) is 17.9 Å². The van der Waals surface area contributed by atoms with E-state index in [-0.39, 0.29) is 18.4 Å². The smallest absolute Gasteiger partial charge is 0.255 e. The fourth-order valence-corrected chi connectivity index (χ4v) is 5.35. The highest BCUT2D eigenvalue weighted by Crippen LogP contribution is 2.35. The lowest BCUT2D eigenvalue weighted by molar-refractivity contribution is -0.121. The molecule has 4 rings (SSSR count). The summed E-state index contributed by atoms with van der Waals surface area (Å²) < 4.78 is 0. The number of nitrogens with zero attached hydrogens (tertiary/aromatic N) is 2. The number of amides is 2. The first kappa shape index (κ1) is 21.6. The Labute approximate surface area is 189 Å². The fourth-order valence-electron chi connectivity index (χ4n) is 4.32. The maximum Gasteiger partial charge on any atom is 0.255 e. The Hall–Kier alpha value is -1.67. The fraction of sp³-hybridized carbons (Fsp3) is 0.476. The predicted molar refractivity (Wildman–Crippen MR) is 118 cm³/mol. The molecule has 2 aliphatic rings. The van der Waals surface area contributed by atoms with Crippen molar-refractivity contribution >= 4 is 51.5 Å². The van der Waals surface area contributed by atoms with E-state index in [9.17, 15) is 14.7 Å². The maximum atomic E-state index is 13.2. The third-order valence-corrected chi connectivity index (χ3v) is 7.50. The standard InChI is InChI=1S/C21H23Cl2N3O3S/c22-16-7-13-10-26(20(29)15(13)8-17(16)23)18(6-12-4-2-1-3-5-12)19(28)25-21-24-9-14(11-27)30-21/h7-9,12,18,27H,1-6,10-11H2,(H,24,25,28)/t18-/m0/s1. The van der Waals surface area contributed by atoms with Crippen LogP contribution in [0.5, 0.6) is 0 Å². The number of hydrogen-bond donors (Lipinski definition) is 2. The number of nitrogens with one attached hydrogen (secondary N) is 1. The number of rotatable bonds is 6. The van der Waals surface area contributed by atoms with Crippen molar-refractivity contribution in [3.63, 3.8) is 0 Å². The zero-order chi connectivity index (χ0) is 21.3. The van der Waals surface area contributed by atoms with Crippen molar-refractivity contribution < 1.29 is 14.7 Å². The second-order valence-corrected chi connectivity index (χ2v) is 9.82. The topological polar surface area (TPSA) is 82.5 Å². The second kappa shape index (κ2) is 9.22. The van der Waals surface area contributed by atoms with Gasteiger partial charge in [-0.25, -0.2) is 4.98 Å². The lowest BCUT2D eigenvalue weighted by Crippen LogP contribution is -2.45. The summed E-state index contributed by atoms with van der Waals surface area (Å²) in [5, 5.41) is 13.2. The highest BCUT2D eigenvalue weighted by Gasteiger charge is 2.38. The molecule has 0 unspecified atom stereocenters. The van der Waals surface area contributed by atoms with Crippen molar-refractivity contribution in [3.8, 4) is 0 Å². The van der Waals surface area contributed by atoms with E-state index in [1.165, 1.54) is 24.0 Å². The zero-order valence-corrected chi connectivity index (χ0v) is 18.7. The van der Waals surface area contributed by atoms with Crippen LogP contribution in [0.4, 0.5) is 5.13 Å². The number of aliphatic hydroxyl groups is 1. The molecule has 2 heterocycles. The zero-order valence-electron chi connectivity index (χ0n) is 16.4. The molecule has 1 aromatic carbocycles. The van der Waals surface area contributed by atoms with Gasteiger partial charge in [-0.1, -0.05) is 66.6 Å². The quantitative estimate of drug-likeness (QED) is 0.634. The van der Waals surface area contributed by atoms with E-state index in [1.54, 1.807) is 17.0 Å². The van der Waals surface area contributed by atoms with Crippen LogP contribution < -0.4 is 5.32 Å². The number of carbonyl (C=O) groups excluding carboxylic acids is 2. The van der Waals surface area contributed by atoms with E-state index >= 15 is 0 Å². The van der Waals surface area contributed by atoms with Gasteiger partial charge in [0.25, 0.3) is 5.91 Å². The van der Waals surface area contributed by atoms with Crippen LogP contribution >= 0.6 is 34.5 Å². The molecule has 30 heavy (non-hydrogen) atoms. The summed E-state index contributed by atoms with van der Waals surface area (Å²) in [6.07, 6.45) is 7.84. The summed E-state index contributed by atoms with van der Waals surface area (Å²) in [5.74, 6) is -0.0463. The van der Waals surface area contributed by atoms with Crippen LogP contribution in [0.3, 0.4) is 0 Å². The molecule has 6 nitrogen and oxygen atoms in total. The van der Waals surface area contributed by atoms with E-state index in [1.807, 2.05) is 0 Å². The monoisotopic (exact) mass is 467 g/mol. The third-order valence-electron chi connectivity index (χ3n) is 5.88. The molecule has 2 aromatic rings. The van der Waals surface area contributed by atoms with Gasteiger partial charge in [0.05, 0.1) is 21.5 Å². The largest absolute Gasteiger partial charge is 0.391 e. The van der Waals surface area contributed by atoms with Gasteiger partial charge in [0.15, 0.2) is 5.13 Å². The first-order valence-corrected chi connectivity index (χ1v) is 11.7. The molecule has 0 radical (unpaired) electrons. The molecule has 1 atom stereocenters. The Morgan fingerprint density at radius 3 is 2.70 bits per heavy atom. The summed E-state index contributed by atoms with van der Waals surface area (Å²) in [4.78, 5) is 32.8. The van der Waals surface area contributed by atoms with Crippen LogP contribution in [0.25, 0.3) is 0 Å². The maximum absolute atomic E-state index is 13.2. The van der Waals surface area contributed by atoms with Gasteiger partial charge < -0.3 is 15.3 Å². The molecular formula is C21H23Cl2N3O3S. The van der Waals surface area contributed by atoms with E-state index in [0.717, 1.165) is 31.2 Å². The minimum atomic E-state index is -0.605. The third kappa shape index (κ3) is 4.49. The number of aromatic nitrogens is 1. The van der Waals surface area contributed by atoms with Crippen molar-refractivity contribution in [2.45, 2.75) is 57.7 Å². The molecule has 1 fully saturated rings. The Balaban J connectivity index is 1.58. The minimum Gasteiger partial charge on any atom is -0.391 e. The summed E-state index contributed by atoms with van der Waals surface area (Å²) in [5.41, 5.74) is 1.29. The Morgan fingerprint density at radius 2 is 2.00 bits per heavy atom. The summed E-state index contributed by atoms with van der Waals surface area (Å²) in [6.45, 7) is 0.204. The average Bonchev–Trinajstić information content (AvgIpc) is 3.32. The number of thiazole rings is 1. The van der Waals surface area contributed by atoms with Crippen LogP contribution in [-0.4, -0.2) is 32.8 Å². The molecule has 1 aromatic heterocycles. The highest BCUT2D eigenvalue weighted by molar-refractivity contribution is 7.15. The molecular weight excluding hydrogens is 445 g/mol.